The fourth-order valence-corrected chi connectivity index (χ4v) is 2.75. The van der Waals surface area contributed by atoms with Crippen LogP contribution >= 0.6 is 11.8 Å². The third kappa shape index (κ3) is 1.04. The zero-order chi connectivity index (χ0) is 8.72. The van der Waals surface area contributed by atoms with Crippen LogP contribution in [0.5, 0.6) is 0 Å². The Bertz CT molecular complexity index is 257. The van der Waals surface area contributed by atoms with Gasteiger partial charge in [-0.1, -0.05) is 0 Å². The highest BCUT2D eigenvalue weighted by atomic mass is 32.2. The summed E-state index contributed by atoms with van der Waals surface area (Å²) in [7, 11) is 0. The van der Waals surface area contributed by atoms with Crippen molar-refractivity contribution in [1.29, 1.82) is 0 Å². The molecular weight excluding hydrogens is 172 g/mol. The van der Waals surface area contributed by atoms with E-state index in [9.17, 15) is 4.79 Å². The summed E-state index contributed by atoms with van der Waals surface area (Å²) >= 11 is 1.57. The van der Waals surface area contributed by atoms with E-state index in [1.165, 1.54) is 5.57 Å². The Labute approximate surface area is 76.4 Å². The molecule has 12 heavy (non-hydrogen) atoms. The lowest BCUT2D eigenvalue weighted by atomic mass is 10.00. The standard InChI is InChI=1S/C9H12O2S/c1-5-6-3-8(10)9(12-2)7(6)4-11-5/h5-6H,3-4H2,1-2H3/t5-,6+/m1/s1. The molecule has 1 heterocycles. The molecule has 0 aromatic carbocycles. The quantitative estimate of drug-likeness (QED) is 0.619. The number of carbonyl (C=O) groups excluding carboxylic acids is 1. The van der Waals surface area contributed by atoms with Crippen LogP contribution in [-0.4, -0.2) is 24.7 Å². The highest BCUT2D eigenvalue weighted by Crippen LogP contribution is 2.41. The van der Waals surface area contributed by atoms with Crippen LogP contribution in [0.3, 0.4) is 0 Å². The molecule has 1 aliphatic heterocycles. The Morgan fingerprint density at radius 2 is 2.33 bits per heavy atom. The van der Waals surface area contributed by atoms with E-state index in [1.54, 1.807) is 11.8 Å². The average molecular weight is 184 g/mol. The highest BCUT2D eigenvalue weighted by molar-refractivity contribution is 8.03. The van der Waals surface area contributed by atoms with Gasteiger partial charge in [0.05, 0.1) is 17.6 Å². The number of ether oxygens (including phenoxy) is 1. The van der Waals surface area contributed by atoms with Crippen molar-refractivity contribution in [2.75, 3.05) is 12.9 Å². The molecule has 1 fully saturated rings. The van der Waals surface area contributed by atoms with Gasteiger partial charge in [0.15, 0.2) is 5.78 Å². The van der Waals surface area contributed by atoms with Crippen LogP contribution in [0, 0.1) is 5.92 Å². The number of hydrogen-bond donors (Lipinski definition) is 0. The summed E-state index contributed by atoms with van der Waals surface area (Å²) in [5.41, 5.74) is 1.25. The van der Waals surface area contributed by atoms with Crippen LogP contribution < -0.4 is 0 Å². The van der Waals surface area contributed by atoms with Gasteiger partial charge in [-0.25, -0.2) is 0 Å². The second-order valence-electron chi connectivity index (χ2n) is 3.31. The fourth-order valence-electron chi connectivity index (χ4n) is 1.97. The maximum atomic E-state index is 11.4. The summed E-state index contributed by atoms with van der Waals surface area (Å²) in [6.07, 6.45) is 2.88. The zero-order valence-electron chi connectivity index (χ0n) is 7.29. The second-order valence-corrected chi connectivity index (χ2v) is 4.12. The molecule has 2 aliphatic rings. The Hall–Kier alpha value is -0.280. The van der Waals surface area contributed by atoms with Gasteiger partial charge in [-0.05, 0) is 18.8 Å². The first-order valence-corrected chi connectivity index (χ1v) is 5.38. The molecule has 2 rings (SSSR count). The molecule has 2 nitrogen and oxygen atoms in total. The molecule has 0 bridgehead atoms. The van der Waals surface area contributed by atoms with E-state index in [0.717, 1.165) is 4.91 Å². The maximum Gasteiger partial charge on any atom is 0.169 e. The maximum absolute atomic E-state index is 11.4. The summed E-state index contributed by atoms with van der Waals surface area (Å²) < 4.78 is 5.48. The van der Waals surface area contributed by atoms with Crippen molar-refractivity contribution in [2.24, 2.45) is 5.92 Å². The Morgan fingerprint density at radius 1 is 1.58 bits per heavy atom. The van der Waals surface area contributed by atoms with Gasteiger partial charge in [-0.15, -0.1) is 11.8 Å². The predicted molar refractivity (Wildman–Crippen MR) is 49.1 cm³/mol. The SMILES string of the molecule is CSC1=C2CO[C@H](C)[C@@H]2CC1=O. The first-order valence-electron chi connectivity index (χ1n) is 4.16. The van der Waals surface area contributed by atoms with E-state index < -0.39 is 0 Å². The Morgan fingerprint density at radius 3 is 3.00 bits per heavy atom. The van der Waals surface area contributed by atoms with Crippen molar-refractivity contribution < 1.29 is 9.53 Å². The van der Waals surface area contributed by atoms with Crippen LogP contribution in [0.4, 0.5) is 0 Å². The van der Waals surface area contributed by atoms with Crippen molar-refractivity contribution in [1.82, 2.24) is 0 Å². The number of allylic oxidation sites excluding steroid dienone is 1. The average Bonchev–Trinajstić information content (AvgIpc) is 2.52. The van der Waals surface area contributed by atoms with Crippen molar-refractivity contribution in [3.8, 4) is 0 Å². The number of thioether (sulfide) groups is 1. The van der Waals surface area contributed by atoms with Crippen molar-refractivity contribution in [3.05, 3.63) is 10.5 Å². The second kappa shape index (κ2) is 2.89. The molecule has 0 aromatic rings. The van der Waals surface area contributed by atoms with Crippen LogP contribution in [0.15, 0.2) is 10.5 Å². The number of carbonyl (C=O) groups is 1. The van der Waals surface area contributed by atoms with Crippen LogP contribution in [0.1, 0.15) is 13.3 Å². The minimum absolute atomic E-state index is 0.244. The lowest BCUT2D eigenvalue weighted by molar-refractivity contribution is -0.115. The topological polar surface area (TPSA) is 26.3 Å². The summed E-state index contributed by atoms with van der Waals surface area (Å²) in [5, 5.41) is 0. The highest BCUT2D eigenvalue weighted by Gasteiger charge is 2.39. The summed E-state index contributed by atoms with van der Waals surface area (Å²) in [6.45, 7) is 2.72. The number of hydrogen-bond acceptors (Lipinski definition) is 3. The number of fused-ring (bicyclic) bond motifs is 1. The summed E-state index contributed by atoms with van der Waals surface area (Å²) in [5.74, 6) is 0.706. The summed E-state index contributed by atoms with van der Waals surface area (Å²) in [6, 6.07) is 0. The van der Waals surface area contributed by atoms with Gasteiger partial charge in [-0.2, -0.15) is 0 Å². The molecule has 0 spiro atoms. The molecule has 1 saturated heterocycles. The van der Waals surface area contributed by atoms with Crippen LogP contribution in [0.2, 0.25) is 0 Å². The van der Waals surface area contributed by atoms with Crippen LogP contribution in [0.25, 0.3) is 0 Å². The molecular formula is C9H12O2S. The van der Waals surface area contributed by atoms with Gasteiger partial charge < -0.3 is 4.74 Å². The Balaban J connectivity index is 2.34. The number of ketones is 1. The number of Topliss-reactive ketones (excluding diaryl/α,β-unsaturated/α-hetero) is 1. The van der Waals surface area contributed by atoms with Gasteiger partial charge in [0.25, 0.3) is 0 Å². The van der Waals surface area contributed by atoms with E-state index in [0.29, 0.717) is 24.7 Å². The molecule has 0 unspecified atom stereocenters. The van der Waals surface area contributed by atoms with E-state index in [2.05, 4.69) is 0 Å². The normalized spacial score (nSPS) is 34.7. The minimum Gasteiger partial charge on any atom is -0.373 e. The van der Waals surface area contributed by atoms with Gasteiger partial charge in [-0.3, -0.25) is 4.79 Å². The zero-order valence-corrected chi connectivity index (χ0v) is 8.11. The van der Waals surface area contributed by atoms with Gasteiger partial charge in [0.2, 0.25) is 0 Å². The van der Waals surface area contributed by atoms with E-state index in [1.807, 2.05) is 13.2 Å². The largest absolute Gasteiger partial charge is 0.373 e. The lowest BCUT2D eigenvalue weighted by Gasteiger charge is -2.07. The fraction of sp³-hybridized carbons (Fsp3) is 0.667. The summed E-state index contributed by atoms with van der Waals surface area (Å²) in [4.78, 5) is 12.4. The Kier molecular flexibility index (Phi) is 2.00. The first-order chi connectivity index (χ1) is 5.74. The van der Waals surface area contributed by atoms with Crippen LogP contribution in [-0.2, 0) is 9.53 Å². The molecule has 66 valence electrons. The van der Waals surface area contributed by atoms with Crippen molar-refractivity contribution >= 4 is 17.5 Å². The molecule has 0 amide bonds. The molecule has 0 N–H and O–H groups in total. The molecule has 3 heteroatoms. The van der Waals surface area contributed by atoms with Crippen molar-refractivity contribution in [3.63, 3.8) is 0 Å². The minimum atomic E-state index is 0.244. The molecule has 0 saturated carbocycles. The van der Waals surface area contributed by atoms with E-state index in [4.69, 9.17) is 4.74 Å². The monoisotopic (exact) mass is 184 g/mol. The lowest BCUT2D eigenvalue weighted by Crippen LogP contribution is -2.11. The predicted octanol–water partition coefficient (Wildman–Crippen LogP) is 1.61. The number of rotatable bonds is 1. The van der Waals surface area contributed by atoms with Gasteiger partial charge in [0.1, 0.15) is 0 Å². The molecule has 0 radical (unpaired) electrons. The first kappa shape index (κ1) is 8.32. The molecule has 2 atom stereocenters. The smallest absolute Gasteiger partial charge is 0.169 e. The van der Waals surface area contributed by atoms with Gasteiger partial charge in [0, 0.05) is 12.3 Å². The van der Waals surface area contributed by atoms with E-state index >= 15 is 0 Å². The molecule has 0 aromatic heterocycles. The third-order valence-electron chi connectivity index (χ3n) is 2.67. The third-order valence-corrected chi connectivity index (χ3v) is 3.57. The van der Waals surface area contributed by atoms with Crippen molar-refractivity contribution in [2.45, 2.75) is 19.4 Å². The van der Waals surface area contributed by atoms with Gasteiger partial charge >= 0.3 is 0 Å². The molecule has 1 aliphatic carbocycles. The van der Waals surface area contributed by atoms with E-state index in [-0.39, 0.29) is 6.10 Å².